The van der Waals surface area contributed by atoms with Gasteiger partial charge in [-0.3, -0.25) is 9.59 Å². The van der Waals surface area contributed by atoms with E-state index in [1.54, 1.807) is 38.1 Å². The number of hydrogen-bond donors (Lipinski definition) is 2. The van der Waals surface area contributed by atoms with Crippen molar-refractivity contribution in [3.63, 3.8) is 0 Å². The summed E-state index contributed by atoms with van der Waals surface area (Å²) in [5, 5.41) is 19.6. The minimum absolute atomic E-state index is 0.0336. The molecule has 0 bridgehead atoms. The molecule has 0 aromatic heterocycles. The fourth-order valence-corrected chi connectivity index (χ4v) is 3.02. The summed E-state index contributed by atoms with van der Waals surface area (Å²) in [7, 11) is 0. The van der Waals surface area contributed by atoms with Gasteiger partial charge in [-0.1, -0.05) is 25.6 Å². The van der Waals surface area contributed by atoms with Gasteiger partial charge in [0.15, 0.2) is 11.6 Å². The number of hydrogen-bond acceptors (Lipinski definition) is 5. The van der Waals surface area contributed by atoms with E-state index in [0.717, 1.165) is 9.79 Å². The molecular weight excluding hydrogens is 312 g/mol. The van der Waals surface area contributed by atoms with Crippen LogP contribution in [0.4, 0.5) is 0 Å². The topological polar surface area (TPSA) is 74.6 Å². The Morgan fingerprint density at radius 2 is 1.22 bits per heavy atom. The van der Waals surface area contributed by atoms with Crippen LogP contribution in [0.3, 0.4) is 0 Å². The maximum Gasteiger partial charge on any atom is 0.166 e. The summed E-state index contributed by atoms with van der Waals surface area (Å²) in [6.07, 6.45) is 0.631. The molecule has 2 aromatic carbocycles. The minimum atomic E-state index is -0.127. The fourth-order valence-electron chi connectivity index (χ4n) is 2.12. The van der Waals surface area contributed by atoms with Crippen LogP contribution < -0.4 is 0 Å². The predicted molar refractivity (Wildman–Crippen MR) is 89.6 cm³/mol. The number of benzene rings is 2. The Bertz CT molecular complexity index is 689. The normalized spacial score (nSPS) is 10.5. The maximum absolute atomic E-state index is 11.8. The molecule has 0 radical (unpaired) electrons. The second kappa shape index (κ2) is 7.33. The van der Waals surface area contributed by atoms with Crippen LogP contribution in [-0.4, -0.2) is 21.8 Å². The second-order valence-electron chi connectivity index (χ2n) is 5.01. The number of rotatable bonds is 6. The van der Waals surface area contributed by atoms with E-state index in [9.17, 15) is 19.8 Å². The summed E-state index contributed by atoms with van der Waals surface area (Å²) in [5.74, 6) is -0.322. The number of ketones is 2. The number of phenolic OH excluding ortho intramolecular Hbond substituents is 2. The van der Waals surface area contributed by atoms with Crippen LogP contribution in [0.2, 0.25) is 0 Å². The lowest BCUT2D eigenvalue weighted by Gasteiger charge is -2.08. The van der Waals surface area contributed by atoms with Crippen LogP contribution >= 0.6 is 11.8 Å². The van der Waals surface area contributed by atoms with Gasteiger partial charge in [0.05, 0.1) is 11.1 Å². The van der Waals surface area contributed by atoms with E-state index in [4.69, 9.17) is 0 Å². The van der Waals surface area contributed by atoms with Gasteiger partial charge >= 0.3 is 0 Å². The summed E-state index contributed by atoms with van der Waals surface area (Å²) in [4.78, 5) is 25.2. The van der Waals surface area contributed by atoms with Crippen molar-refractivity contribution < 1.29 is 19.8 Å². The lowest BCUT2D eigenvalue weighted by molar-refractivity contribution is 0.0977. The van der Waals surface area contributed by atoms with E-state index in [1.165, 1.54) is 23.9 Å². The zero-order valence-electron chi connectivity index (χ0n) is 13.0. The number of carbonyl (C=O) groups excluding carboxylic acids is 2. The standard InChI is InChI=1S/C18H18O4S/c1-3-15(19)13-9-11(5-7-17(13)21)23-12-6-8-18(22)14(10-12)16(20)4-2/h5-10,21-22H,3-4H2,1-2H3. The van der Waals surface area contributed by atoms with E-state index in [2.05, 4.69) is 0 Å². The maximum atomic E-state index is 11.8. The molecule has 120 valence electrons. The molecule has 0 unspecified atom stereocenters. The van der Waals surface area contributed by atoms with Crippen LogP contribution in [0.15, 0.2) is 46.2 Å². The first-order valence-corrected chi connectivity index (χ1v) is 8.18. The third kappa shape index (κ3) is 3.93. The average Bonchev–Trinajstić information content (AvgIpc) is 2.56. The highest BCUT2D eigenvalue weighted by Gasteiger charge is 2.13. The van der Waals surface area contributed by atoms with Crippen molar-refractivity contribution in [2.45, 2.75) is 36.5 Å². The monoisotopic (exact) mass is 330 g/mol. The molecule has 0 aliphatic heterocycles. The molecule has 0 aliphatic rings. The zero-order chi connectivity index (χ0) is 17.0. The first kappa shape index (κ1) is 17.1. The second-order valence-corrected chi connectivity index (χ2v) is 6.16. The van der Waals surface area contributed by atoms with Gasteiger partial charge in [-0.05, 0) is 36.4 Å². The Hall–Kier alpha value is -2.27. The molecule has 0 atom stereocenters. The van der Waals surface area contributed by atoms with Crippen LogP contribution in [0.5, 0.6) is 11.5 Å². The van der Waals surface area contributed by atoms with Gasteiger partial charge in [0.25, 0.3) is 0 Å². The van der Waals surface area contributed by atoms with Gasteiger partial charge in [-0.2, -0.15) is 0 Å². The molecule has 0 amide bonds. The summed E-state index contributed by atoms with van der Waals surface area (Å²) in [5.41, 5.74) is 0.585. The number of Topliss-reactive ketones (excluding diaryl/α,β-unsaturated/α-hetero) is 2. The van der Waals surface area contributed by atoms with E-state index in [1.807, 2.05) is 0 Å². The molecule has 2 rings (SSSR count). The molecule has 0 aliphatic carbocycles. The lowest BCUT2D eigenvalue weighted by Crippen LogP contribution is -1.98. The van der Waals surface area contributed by atoms with Crippen molar-refractivity contribution in [2.24, 2.45) is 0 Å². The Labute approximate surface area is 139 Å². The number of aromatic hydroxyl groups is 2. The fraction of sp³-hybridized carbons (Fsp3) is 0.222. The van der Waals surface area contributed by atoms with E-state index in [0.29, 0.717) is 24.0 Å². The van der Waals surface area contributed by atoms with Crippen molar-refractivity contribution in [3.05, 3.63) is 47.5 Å². The quantitative estimate of drug-likeness (QED) is 0.766. The van der Waals surface area contributed by atoms with Crippen molar-refractivity contribution in [1.29, 1.82) is 0 Å². The van der Waals surface area contributed by atoms with Crippen molar-refractivity contribution in [2.75, 3.05) is 0 Å². The van der Waals surface area contributed by atoms with E-state index >= 15 is 0 Å². The Morgan fingerprint density at radius 1 is 0.826 bits per heavy atom. The third-order valence-electron chi connectivity index (χ3n) is 3.41. The molecule has 0 saturated carbocycles. The third-order valence-corrected chi connectivity index (χ3v) is 4.39. The van der Waals surface area contributed by atoms with Crippen LogP contribution in [0.1, 0.15) is 47.4 Å². The molecule has 23 heavy (non-hydrogen) atoms. The summed E-state index contributed by atoms with van der Waals surface area (Å²) in [6.45, 7) is 3.48. The summed E-state index contributed by atoms with van der Waals surface area (Å²) in [6, 6.07) is 9.68. The first-order valence-electron chi connectivity index (χ1n) is 7.36. The highest BCUT2D eigenvalue weighted by atomic mass is 32.2. The highest BCUT2D eigenvalue weighted by Crippen LogP contribution is 2.34. The van der Waals surface area contributed by atoms with Gasteiger partial charge in [-0.25, -0.2) is 0 Å². The molecule has 0 heterocycles. The highest BCUT2D eigenvalue weighted by molar-refractivity contribution is 7.99. The molecular formula is C18H18O4S. The molecule has 4 nitrogen and oxygen atoms in total. The molecule has 5 heteroatoms. The SMILES string of the molecule is CCC(=O)c1cc(Sc2ccc(O)c(C(=O)CC)c2)ccc1O. The van der Waals surface area contributed by atoms with Gasteiger partial charge < -0.3 is 10.2 Å². The molecule has 2 aromatic rings. The van der Waals surface area contributed by atoms with E-state index < -0.39 is 0 Å². The Kier molecular flexibility index (Phi) is 5.45. The number of carbonyl (C=O) groups is 2. The summed E-state index contributed by atoms with van der Waals surface area (Å²) < 4.78 is 0. The van der Waals surface area contributed by atoms with Gasteiger partial charge in [0.2, 0.25) is 0 Å². The predicted octanol–water partition coefficient (Wildman–Crippen LogP) is 4.43. The van der Waals surface area contributed by atoms with Gasteiger partial charge in [0, 0.05) is 22.6 Å². The molecule has 0 fully saturated rings. The van der Waals surface area contributed by atoms with Crippen molar-refractivity contribution in [3.8, 4) is 11.5 Å². The molecule has 2 N–H and O–H groups in total. The van der Waals surface area contributed by atoms with Crippen molar-refractivity contribution >= 4 is 23.3 Å². The van der Waals surface area contributed by atoms with Gasteiger partial charge in [-0.15, -0.1) is 0 Å². The largest absolute Gasteiger partial charge is 0.507 e. The lowest BCUT2D eigenvalue weighted by atomic mass is 10.1. The first-order chi connectivity index (χ1) is 11.0. The van der Waals surface area contributed by atoms with Gasteiger partial charge in [0.1, 0.15) is 11.5 Å². The Balaban J connectivity index is 2.33. The molecule has 0 saturated heterocycles. The average molecular weight is 330 g/mol. The van der Waals surface area contributed by atoms with Crippen LogP contribution in [0, 0.1) is 0 Å². The van der Waals surface area contributed by atoms with Crippen LogP contribution in [0.25, 0.3) is 0 Å². The number of phenols is 2. The van der Waals surface area contributed by atoms with Crippen LogP contribution in [-0.2, 0) is 0 Å². The molecule has 0 spiro atoms. The minimum Gasteiger partial charge on any atom is -0.507 e. The zero-order valence-corrected chi connectivity index (χ0v) is 13.8. The summed E-state index contributed by atoms with van der Waals surface area (Å²) >= 11 is 1.36. The van der Waals surface area contributed by atoms with Crippen molar-refractivity contribution in [1.82, 2.24) is 0 Å². The van der Waals surface area contributed by atoms with E-state index in [-0.39, 0.29) is 23.1 Å². The smallest absolute Gasteiger partial charge is 0.166 e. The Morgan fingerprint density at radius 3 is 1.57 bits per heavy atom.